The molecule has 0 bridgehead atoms. The molecule has 0 radical (unpaired) electrons. The lowest BCUT2D eigenvalue weighted by Gasteiger charge is -2.18. The number of rotatable bonds is 2. The number of fused-ring (bicyclic) bond motifs is 1. The normalized spacial score (nSPS) is 18.1. The maximum absolute atomic E-state index is 3.31. The summed E-state index contributed by atoms with van der Waals surface area (Å²) in [5.74, 6) is 0. The minimum absolute atomic E-state index is 1.23. The first-order valence-corrected chi connectivity index (χ1v) is 7.61. The minimum atomic E-state index is 1.23. The molecule has 18 heavy (non-hydrogen) atoms. The van der Waals surface area contributed by atoms with E-state index in [0.29, 0.717) is 0 Å². The Morgan fingerprint density at radius 3 is 2.67 bits per heavy atom. The van der Waals surface area contributed by atoms with Crippen molar-refractivity contribution in [3.05, 3.63) is 30.0 Å². The highest BCUT2D eigenvalue weighted by atomic mass is 32.2. The standard InChI is InChI=1S/C15H20N2S/c1-12-11-16-15-7-6-13(10-14(12)15)18-17-8-4-2-3-5-9-17/h6-7,10-11,16H,2-5,8-9H2,1H3. The lowest BCUT2D eigenvalue weighted by Crippen LogP contribution is -2.15. The molecule has 0 saturated carbocycles. The predicted octanol–water partition coefficient (Wildman–Crippen LogP) is 4.36. The molecule has 1 aromatic heterocycles. The Morgan fingerprint density at radius 1 is 1.11 bits per heavy atom. The van der Waals surface area contributed by atoms with E-state index in [9.17, 15) is 0 Å². The summed E-state index contributed by atoms with van der Waals surface area (Å²) in [7, 11) is 0. The second-order valence-electron chi connectivity index (χ2n) is 5.11. The van der Waals surface area contributed by atoms with Crippen LogP contribution in [0.1, 0.15) is 31.2 Å². The molecule has 3 rings (SSSR count). The Kier molecular flexibility index (Phi) is 3.62. The van der Waals surface area contributed by atoms with Crippen LogP contribution >= 0.6 is 11.9 Å². The second-order valence-corrected chi connectivity index (χ2v) is 6.28. The molecule has 2 aromatic rings. The molecule has 1 aromatic carbocycles. The summed E-state index contributed by atoms with van der Waals surface area (Å²) in [6.07, 6.45) is 7.57. The van der Waals surface area contributed by atoms with E-state index >= 15 is 0 Å². The molecule has 1 aliphatic heterocycles. The lowest BCUT2D eigenvalue weighted by molar-refractivity contribution is 0.489. The van der Waals surface area contributed by atoms with E-state index in [4.69, 9.17) is 0 Å². The van der Waals surface area contributed by atoms with Gasteiger partial charge < -0.3 is 4.98 Å². The van der Waals surface area contributed by atoms with E-state index in [1.165, 1.54) is 60.1 Å². The highest BCUT2D eigenvalue weighted by Crippen LogP contribution is 2.29. The highest BCUT2D eigenvalue weighted by Gasteiger charge is 2.11. The van der Waals surface area contributed by atoms with Crippen LogP contribution in [0, 0.1) is 6.92 Å². The van der Waals surface area contributed by atoms with E-state index in [2.05, 4.69) is 40.6 Å². The number of H-pyrrole nitrogens is 1. The molecule has 0 aliphatic carbocycles. The van der Waals surface area contributed by atoms with Crippen molar-refractivity contribution in [1.29, 1.82) is 0 Å². The summed E-state index contributed by atoms with van der Waals surface area (Å²) in [5, 5.41) is 1.36. The van der Waals surface area contributed by atoms with Crippen LogP contribution in [0.25, 0.3) is 10.9 Å². The van der Waals surface area contributed by atoms with Crippen molar-refractivity contribution in [3.8, 4) is 0 Å². The van der Waals surface area contributed by atoms with Crippen molar-refractivity contribution in [1.82, 2.24) is 9.29 Å². The van der Waals surface area contributed by atoms with Gasteiger partial charge in [0.25, 0.3) is 0 Å². The monoisotopic (exact) mass is 260 g/mol. The topological polar surface area (TPSA) is 19.0 Å². The van der Waals surface area contributed by atoms with Crippen LogP contribution in [-0.2, 0) is 0 Å². The van der Waals surface area contributed by atoms with Crippen molar-refractivity contribution < 1.29 is 0 Å². The Hall–Kier alpha value is -0.930. The molecule has 0 unspecified atom stereocenters. The van der Waals surface area contributed by atoms with E-state index < -0.39 is 0 Å². The molecular formula is C15H20N2S. The van der Waals surface area contributed by atoms with Gasteiger partial charge in [0.2, 0.25) is 0 Å². The first-order chi connectivity index (χ1) is 8.83. The molecule has 1 saturated heterocycles. The van der Waals surface area contributed by atoms with Gasteiger partial charge in [0.05, 0.1) is 0 Å². The maximum Gasteiger partial charge on any atom is 0.0457 e. The fourth-order valence-corrected chi connectivity index (χ4v) is 3.62. The number of nitrogens with one attached hydrogen (secondary N) is 1. The Bertz CT molecular complexity index is 524. The third-order valence-electron chi connectivity index (χ3n) is 3.66. The first-order valence-electron chi connectivity index (χ1n) is 6.83. The molecule has 1 N–H and O–H groups in total. The van der Waals surface area contributed by atoms with E-state index in [1.807, 2.05) is 11.9 Å². The van der Waals surface area contributed by atoms with Crippen molar-refractivity contribution >= 4 is 22.9 Å². The Labute approximate surface area is 113 Å². The summed E-state index contributed by atoms with van der Waals surface area (Å²) in [5.41, 5.74) is 2.58. The van der Waals surface area contributed by atoms with Gasteiger partial charge in [-0.15, -0.1) is 0 Å². The molecule has 0 atom stereocenters. The lowest BCUT2D eigenvalue weighted by atomic mass is 10.2. The average molecular weight is 260 g/mol. The molecule has 2 heterocycles. The molecule has 1 aliphatic rings. The number of nitrogens with zero attached hydrogens (tertiary/aromatic N) is 1. The number of hydrogen-bond donors (Lipinski definition) is 1. The molecule has 1 fully saturated rings. The number of hydrogen-bond acceptors (Lipinski definition) is 2. The SMILES string of the molecule is Cc1c[nH]c2ccc(SN3CCCCCC3)cc12. The molecule has 96 valence electrons. The summed E-state index contributed by atoms with van der Waals surface area (Å²) in [6, 6.07) is 6.74. The average Bonchev–Trinajstić information content (AvgIpc) is 2.61. The number of benzene rings is 1. The third kappa shape index (κ3) is 2.57. The van der Waals surface area contributed by atoms with Gasteiger partial charge in [0.1, 0.15) is 0 Å². The summed E-state index contributed by atoms with van der Waals surface area (Å²) >= 11 is 1.92. The van der Waals surface area contributed by atoms with Crippen molar-refractivity contribution in [2.45, 2.75) is 37.5 Å². The van der Waals surface area contributed by atoms with E-state index in [1.54, 1.807) is 0 Å². The number of aryl methyl sites for hydroxylation is 1. The second kappa shape index (κ2) is 5.37. The Morgan fingerprint density at radius 2 is 1.89 bits per heavy atom. The third-order valence-corrected chi connectivity index (χ3v) is 4.75. The fraction of sp³-hybridized carbons (Fsp3) is 0.467. The molecular weight excluding hydrogens is 240 g/mol. The van der Waals surface area contributed by atoms with Gasteiger partial charge in [0.15, 0.2) is 0 Å². The number of aromatic nitrogens is 1. The summed E-state index contributed by atoms with van der Waals surface area (Å²) in [4.78, 5) is 4.67. The van der Waals surface area contributed by atoms with Crippen LogP contribution in [0.15, 0.2) is 29.3 Å². The predicted molar refractivity (Wildman–Crippen MR) is 78.9 cm³/mol. The van der Waals surface area contributed by atoms with Crippen molar-refractivity contribution in [2.75, 3.05) is 13.1 Å². The van der Waals surface area contributed by atoms with Gasteiger partial charge in [-0.25, -0.2) is 4.31 Å². The zero-order chi connectivity index (χ0) is 12.4. The van der Waals surface area contributed by atoms with Crippen LogP contribution in [0.5, 0.6) is 0 Å². The van der Waals surface area contributed by atoms with E-state index in [0.717, 1.165) is 0 Å². The zero-order valence-corrected chi connectivity index (χ0v) is 11.7. The first kappa shape index (κ1) is 12.1. The smallest absolute Gasteiger partial charge is 0.0457 e. The van der Waals surface area contributed by atoms with E-state index in [-0.39, 0.29) is 0 Å². The van der Waals surface area contributed by atoms with Crippen LogP contribution in [0.4, 0.5) is 0 Å². The van der Waals surface area contributed by atoms with Crippen LogP contribution in [0.2, 0.25) is 0 Å². The molecule has 0 spiro atoms. The molecule has 2 nitrogen and oxygen atoms in total. The highest BCUT2D eigenvalue weighted by molar-refractivity contribution is 7.97. The van der Waals surface area contributed by atoms with Gasteiger partial charge in [-0.05, 0) is 55.5 Å². The number of aromatic amines is 1. The summed E-state index contributed by atoms with van der Waals surface area (Å²) < 4.78 is 2.52. The van der Waals surface area contributed by atoms with Gasteiger partial charge in [-0.3, -0.25) is 0 Å². The van der Waals surface area contributed by atoms with Crippen LogP contribution in [0.3, 0.4) is 0 Å². The largest absolute Gasteiger partial charge is 0.361 e. The van der Waals surface area contributed by atoms with Crippen molar-refractivity contribution in [2.24, 2.45) is 0 Å². The maximum atomic E-state index is 3.31. The van der Waals surface area contributed by atoms with Crippen LogP contribution < -0.4 is 0 Å². The summed E-state index contributed by atoms with van der Waals surface area (Å²) in [6.45, 7) is 4.63. The molecule has 0 amide bonds. The van der Waals surface area contributed by atoms with Crippen LogP contribution in [-0.4, -0.2) is 22.4 Å². The van der Waals surface area contributed by atoms with Gasteiger partial charge >= 0.3 is 0 Å². The fourth-order valence-electron chi connectivity index (χ4n) is 2.58. The van der Waals surface area contributed by atoms with Crippen molar-refractivity contribution in [3.63, 3.8) is 0 Å². The zero-order valence-electron chi connectivity index (χ0n) is 10.9. The Balaban J connectivity index is 1.78. The van der Waals surface area contributed by atoms with Gasteiger partial charge in [0, 0.05) is 35.1 Å². The minimum Gasteiger partial charge on any atom is -0.361 e. The molecule has 3 heteroatoms. The van der Waals surface area contributed by atoms with Gasteiger partial charge in [-0.1, -0.05) is 12.8 Å². The van der Waals surface area contributed by atoms with Gasteiger partial charge in [-0.2, -0.15) is 0 Å². The quantitative estimate of drug-likeness (QED) is 0.809.